The van der Waals surface area contributed by atoms with Crippen LogP contribution in [0.25, 0.3) is 5.57 Å². The molecule has 0 N–H and O–H groups in total. The van der Waals surface area contributed by atoms with Crippen molar-refractivity contribution in [1.82, 2.24) is 4.90 Å². The molecule has 1 saturated heterocycles. The molecule has 0 radical (unpaired) electrons. The third kappa shape index (κ3) is 4.81. The van der Waals surface area contributed by atoms with E-state index in [0.717, 1.165) is 36.0 Å². The molecule has 2 amide bonds. The highest BCUT2D eigenvalue weighted by molar-refractivity contribution is 5.93. The van der Waals surface area contributed by atoms with E-state index in [-0.39, 0.29) is 42.1 Å². The highest BCUT2D eigenvalue weighted by Crippen LogP contribution is 2.44. The topological polar surface area (TPSA) is 59.0 Å². The number of ether oxygens (including phenoxy) is 1. The van der Waals surface area contributed by atoms with E-state index in [9.17, 15) is 14.0 Å². The van der Waals surface area contributed by atoms with Crippen LogP contribution >= 0.6 is 0 Å². The number of cyclic esters (lactones) is 1. The van der Waals surface area contributed by atoms with E-state index in [2.05, 4.69) is 18.6 Å². The first-order valence-electron chi connectivity index (χ1n) is 11.9. The van der Waals surface area contributed by atoms with Gasteiger partial charge in [0.1, 0.15) is 18.5 Å². The molecule has 2 aromatic rings. The normalized spacial score (nSPS) is 25.2. The Morgan fingerprint density at radius 1 is 1.24 bits per heavy atom. The van der Waals surface area contributed by atoms with Crippen molar-refractivity contribution in [2.24, 2.45) is 22.7 Å². The van der Waals surface area contributed by atoms with E-state index in [4.69, 9.17) is 4.74 Å². The van der Waals surface area contributed by atoms with E-state index in [1.165, 1.54) is 17.0 Å². The van der Waals surface area contributed by atoms with Gasteiger partial charge in [-0.05, 0) is 80.0 Å². The van der Waals surface area contributed by atoms with Crippen molar-refractivity contribution in [3.8, 4) is 0 Å². The van der Waals surface area contributed by atoms with Crippen molar-refractivity contribution in [2.75, 3.05) is 6.61 Å². The molecule has 0 bridgehead atoms. The van der Waals surface area contributed by atoms with E-state index in [0.29, 0.717) is 12.1 Å². The molecule has 178 valence electrons. The van der Waals surface area contributed by atoms with Gasteiger partial charge in [0.05, 0.1) is 5.69 Å². The number of aliphatic imine (C=N–C) groups is 1. The molecule has 1 saturated carbocycles. The summed E-state index contributed by atoms with van der Waals surface area (Å²) < 4.78 is 19.2. The standard InChI is InChI=1S/C28H31FN2O3/c1-4-23(24-16-22(29)12-13-25(24)30-3)21-11-10-20(18(2)14-21)15-27(32)31-26(17-34-28(31)33)19-8-6-5-7-9-19/h4-9,12-13,16,18,20-21,26H,3,10-11,14-15,17H2,1-2H3/b23-4-/t18?,20?,21?,26-/m0/s1. The zero-order valence-corrected chi connectivity index (χ0v) is 19.7. The Morgan fingerprint density at radius 2 is 2.00 bits per heavy atom. The SMILES string of the molecule is C=Nc1ccc(F)cc1/C(=C\C)C1CCC(CC(=O)N2C(=O)OC[C@H]2c2ccccc2)C(C)C1. The highest BCUT2D eigenvalue weighted by Gasteiger charge is 2.40. The van der Waals surface area contributed by atoms with Gasteiger partial charge in [-0.25, -0.2) is 14.1 Å². The van der Waals surface area contributed by atoms with E-state index in [1.54, 1.807) is 6.07 Å². The molecule has 34 heavy (non-hydrogen) atoms. The minimum atomic E-state index is -0.563. The minimum Gasteiger partial charge on any atom is -0.446 e. The molecule has 5 nitrogen and oxygen atoms in total. The Morgan fingerprint density at radius 3 is 2.68 bits per heavy atom. The maximum atomic E-state index is 14.0. The van der Waals surface area contributed by atoms with Crippen LogP contribution in [-0.2, 0) is 9.53 Å². The van der Waals surface area contributed by atoms with Crippen LogP contribution in [0.2, 0.25) is 0 Å². The lowest BCUT2D eigenvalue weighted by atomic mass is 9.70. The number of nitrogens with zero attached hydrogens (tertiary/aromatic N) is 2. The second kappa shape index (κ2) is 10.3. The average molecular weight is 463 g/mol. The average Bonchev–Trinajstić information content (AvgIpc) is 3.23. The summed E-state index contributed by atoms with van der Waals surface area (Å²) in [7, 11) is 0. The number of carbonyl (C=O) groups is 2. The van der Waals surface area contributed by atoms with Gasteiger partial charge in [0.2, 0.25) is 5.91 Å². The predicted octanol–water partition coefficient (Wildman–Crippen LogP) is 6.72. The minimum absolute atomic E-state index is 0.177. The number of allylic oxidation sites excluding steroid dienone is 2. The molecule has 2 aliphatic rings. The molecular formula is C28H31FN2O3. The fourth-order valence-electron chi connectivity index (χ4n) is 5.47. The summed E-state index contributed by atoms with van der Waals surface area (Å²) in [6, 6.07) is 13.7. The third-order valence-electron chi connectivity index (χ3n) is 7.30. The number of benzene rings is 2. The number of imide groups is 1. The maximum Gasteiger partial charge on any atom is 0.417 e. The van der Waals surface area contributed by atoms with E-state index < -0.39 is 6.09 Å². The Bertz CT molecular complexity index is 1100. The zero-order chi connectivity index (χ0) is 24.2. The van der Waals surface area contributed by atoms with Crippen LogP contribution in [-0.4, -0.2) is 30.2 Å². The second-order valence-corrected chi connectivity index (χ2v) is 9.28. The number of halogens is 1. The van der Waals surface area contributed by atoms with Gasteiger partial charge in [0.15, 0.2) is 0 Å². The van der Waals surface area contributed by atoms with Gasteiger partial charge in [0.25, 0.3) is 0 Å². The maximum absolute atomic E-state index is 14.0. The Hall–Kier alpha value is -3.28. The van der Waals surface area contributed by atoms with Gasteiger partial charge < -0.3 is 4.74 Å². The van der Waals surface area contributed by atoms with Crippen molar-refractivity contribution in [3.05, 3.63) is 71.6 Å². The number of hydrogen-bond donors (Lipinski definition) is 0. The van der Waals surface area contributed by atoms with Crippen LogP contribution in [0, 0.1) is 23.6 Å². The molecule has 1 heterocycles. The van der Waals surface area contributed by atoms with Crippen LogP contribution in [0.1, 0.15) is 56.7 Å². The molecule has 0 spiro atoms. The smallest absolute Gasteiger partial charge is 0.417 e. The quantitative estimate of drug-likeness (QED) is 0.448. The van der Waals surface area contributed by atoms with Crippen molar-refractivity contribution in [2.45, 2.75) is 45.6 Å². The number of amides is 2. The summed E-state index contributed by atoms with van der Waals surface area (Å²) in [5, 5.41) is 0. The first-order valence-corrected chi connectivity index (χ1v) is 11.9. The summed E-state index contributed by atoms with van der Waals surface area (Å²) in [6.07, 6.45) is 4.43. The van der Waals surface area contributed by atoms with Crippen molar-refractivity contribution in [1.29, 1.82) is 0 Å². The molecule has 1 aliphatic carbocycles. The van der Waals surface area contributed by atoms with Gasteiger partial charge in [-0.3, -0.25) is 9.79 Å². The molecule has 1 aliphatic heterocycles. The van der Waals surface area contributed by atoms with Crippen LogP contribution in [0.5, 0.6) is 0 Å². The summed E-state index contributed by atoms with van der Waals surface area (Å²) in [5.41, 5.74) is 3.44. The molecule has 6 heteroatoms. The summed E-state index contributed by atoms with van der Waals surface area (Å²) in [6.45, 7) is 7.95. The summed E-state index contributed by atoms with van der Waals surface area (Å²) >= 11 is 0. The third-order valence-corrected chi connectivity index (χ3v) is 7.30. The van der Waals surface area contributed by atoms with Crippen molar-refractivity contribution in [3.63, 3.8) is 0 Å². The fraction of sp³-hybridized carbons (Fsp3) is 0.393. The largest absolute Gasteiger partial charge is 0.446 e. The van der Waals surface area contributed by atoms with E-state index in [1.807, 2.05) is 43.3 Å². The monoisotopic (exact) mass is 462 g/mol. The van der Waals surface area contributed by atoms with Crippen LogP contribution in [0.3, 0.4) is 0 Å². The molecule has 2 aromatic carbocycles. The lowest BCUT2D eigenvalue weighted by Crippen LogP contribution is -2.37. The van der Waals surface area contributed by atoms with Crippen molar-refractivity contribution < 1.29 is 18.7 Å². The van der Waals surface area contributed by atoms with Crippen LogP contribution in [0.4, 0.5) is 14.9 Å². The predicted molar refractivity (Wildman–Crippen MR) is 131 cm³/mol. The van der Waals surface area contributed by atoms with Crippen LogP contribution < -0.4 is 0 Å². The van der Waals surface area contributed by atoms with Gasteiger partial charge in [-0.1, -0.05) is 43.3 Å². The Kier molecular flexibility index (Phi) is 7.25. The molecule has 3 unspecified atom stereocenters. The summed E-state index contributed by atoms with van der Waals surface area (Å²) in [5.74, 6) is 0.236. The van der Waals surface area contributed by atoms with Gasteiger partial charge in [-0.15, -0.1) is 0 Å². The highest BCUT2D eigenvalue weighted by atomic mass is 19.1. The van der Waals surface area contributed by atoms with Crippen LogP contribution in [0.15, 0.2) is 59.6 Å². The zero-order valence-electron chi connectivity index (χ0n) is 19.7. The second-order valence-electron chi connectivity index (χ2n) is 9.28. The fourth-order valence-corrected chi connectivity index (χ4v) is 5.47. The van der Waals surface area contributed by atoms with Gasteiger partial charge in [0, 0.05) is 12.0 Å². The molecule has 4 atom stereocenters. The number of hydrogen-bond acceptors (Lipinski definition) is 4. The lowest BCUT2D eigenvalue weighted by Gasteiger charge is -2.36. The molecule has 0 aromatic heterocycles. The van der Waals surface area contributed by atoms with E-state index >= 15 is 0 Å². The first-order chi connectivity index (χ1) is 16.4. The summed E-state index contributed by atoms with van der Waals surface area (Å²) in [4.78, 5) is 31.0. The first kappa shape index (κ1) is 23.9. The lowest BCUT2D eigenvalue weighted by molar-refractivity contribution is -0.131. The Balaban J connectivity index is 1.45. The molecule has 2 fully saturated rings. The van der Waals surface area contributed by atoms with Gasteiger partial charge >= 0.3 is 6.09 Å². The molecule has 4 rings (SSSR count). The Labute approximate surface area is 200 Å². The van der Waals surface area contributed by atoms with Crippen molar-refractivity contribution >= 4 is 30.0 Å². The number of carbonyl (C=O) groups excluding carboxylic acids is 2. The molecular weight excluding hydrogens is 431 g/mol. The van der Waals surface area contributed by atoms with Gasteiger partial charge in [-0.2, -0.15) is 0 Å². The number of rotatable bonds is 6.